The highest BCUT2D eigenvalue weighted by Crippen LogP contribution is 2.24. The lowest BCUT2D eigenvalue weighted by atomic mass is 9.80. The highest BCUT2D eigenvalue weighted by atomic mass is 16.4. The normalized spacial score (nSPS) is 15.9. The number of hydrogen-bond acceptors (Lipinski definition) is 6. The summed E-state index contributed by atoms with van der Waals surface area (Å²) in [6, 6.07) is 7.43. The molecule has 1 aliphatic rings. The summed E-state index contributed by atoms with van der Waals surface area (Å²) in [7, 11) is -1.41. The number of likely N-dealkylation sites (tertiary alicyclic amines) is 1. The maximum Gasteiger partial charge on any atom is 0.488 e. The Kier molecular flexibility index (Phi) is 6.60. The van der Waals surface area contributed by atoms with Crippen LogP contribution in [-0.4, -0.2) is 45.9 Å². The van der Waals surface area contributed by atoms with Crippen molar-refractivity contribution in [2.24, 2.45) is 5.92 Å². The van der Waals surface area contributed by atoms with Crippen LogP contribution >= 0.6 is 0 Å². The van der Waals surface area contributed by atoms with Gasteiger partial charge in [-0.2, -0.15) is 0 Å². The van der Waals surface area contributed by atoms with Crippen molar-refractivity contribution < 1.29 is 19.3 Å². The van der Waals surface area contributed by atoms with Crippen molar-refractivity contribution in [3.05, 3.63) is 48.2 Å². The third-order valence-electron chi connectivity index (χ3n) is 5.08. The molecule has 0 amide bonds. The standard InChI is InChI=1S/C19H25BN2O4/c23-18(19-21-10-13-26-19)3-1-2-15-8-11-22(12-9-15)14-16-4-6-17(7-5-16)20(24)25/h4-7,10,13,15,24-25H,1-3,8-9,11-12,14H2. The van der Waals surface area contributed by atoms with E-state index in [-0.39, 0.29) is 11.7 Å². The minimum absolute atomic E-state index is 0.0103. The Labute approximate surface area is 154 Å². The Balaban J connectivity index is 1.35. The van der Waals surface area contributed by atoms with Crippen LogP contribution < -0.4 is 5.46 Å². The van der Waals surface area contributed by atoms with Crippen molar-refractivity contribution >= 4 is 18.4 Å². The molecule has 0 radical (unpaired) electrons. The van der Waals surface area contributed by atoms with Crippen LogP contribution in [0.1, 0.15) is 48.4 Å². The van der Waals surface area contributed by atoms with Crippen molar-refractivity contribution in [1.29, 1.82) is 0 Å². The summed E-state index contributed by atoms with van der Waals surface area (Å²) in [6.45, 7) is 3.00. The first-order valence-corrected chi connectivity index (χ1v) is 9.22. The third-order valence-corrected chi connectivity index (χ3v) is 5.08. The van der Waals surface area contributed by atoms with E-state index in [9.17, 15) is 4.79 Å². The van der Waals surface area contributed by atoms with Gasteiger partial charge in [-0.15, -0.1) is 0 Å². The fourth-order valence-corrected chi connectivity index (χ4v) is 3.51. The number of aromatic nitrogens is 1. The lowest BCUT2D eigenvalue weighted by molar-refractivity contribution is 0.0940. The van der Waals surface area contributed by atoms with Crippen molar-refractivity contribution in [2.45, 2.75) is 38.6 Å². The van der Waals surface area contributed by atoms with Gasteiger partial charge in [-0.05, 0) is 55.7 Å². The molecular weight excluding hydrogens is 331 g/mol. The summed E-state index contributed by atoms with van der Waals surface area (Å²) in [6.07, 6.45) is 7.70. The smallest absolute Gasteiger partial charge is 0.442 e. The monoisotopic (exact) mass is 356 g/mol. The molecule has 1 aliphatic heterocycles. The molecule has 6 nitrogen and oxygen atoms in total. The number of carbonyl (C=O) groups excluding carboxylic acids is 1. The van der Waals surface area contributed by atoms with Gasteiger partial charge in [-0.1, -0.05) is 24.3 Å². The summed E-state index contributed by atoms with van der Waals surface area (Å²) < 4.78 is 5.03. The molecule has 0 spiro atoms. The SMILES string of the molecule is O=C(CCCC1CCN(Cc2ccc(B(O)O)cc2)CC1)c1ncco1. The zero-order chi connectivity index (χ0) is 18.4. The van der Waals surface area contributed by atoms with Gasteiger partial charge in [0.05, 0.1) is 6.20 Å². The molecule has 138 valence electrons. The topological polar surface area (TPSA) is 86.8 Å². The van der Waals surface area contributed by atoms with Gasteiger partial charge < -0.3 is 14.5 Å². The van der Waals surface area contributed by atoms with Crippen molar-refractivity contribution in [2.75, 3.05) is 13.1 Å². The van der Waals surface area contributed by atoms with Crippen LogP contribution in [0.2, 0.25) is 0 Å². The van der Waals surface area contributed by atoms with E-state index in [0.29, 0.717) is 17.8 Å². The average molecular weight is 356 g/mol. The van der Waals surface area contributed by atoms with E-state index in [1.807, 2.05) is 12.1 Å². The first-order chi connectivity index (χ1) is 12.6. The quantitative estimate of drug-likeness (QED) is 0.552. The van der Waals surface area contributed by atoms with Gasteiger partial charge >= 0.3 is 7.12 Å². The minimum atomic E-state index is -1.41. The molecule has 1 fully saturated rings. The second kappa shape index (κ2) is 9.12. The maximum atomic E-state index is 11.9. The Morgan fingerprint density at radius 2 is 1.96 bits per heavy atom. The van der Waals surface area contributed by atoms with E-state index in [1.165, 1.54) is 18.0 Å². The summed E-state index contributed by atoms with van der Waals surface area (Å²) >= 11 is 0. The van der Waals surface area contributed by atoms with Crippen molar-refractivity contribution in [1.82, 2.24) is 9.88 Å². The number of ketones is 1. The molecule has 2 N–H and O–H groups in total. The fourth-order valence-electron chi connectivity index (χ4n) is 3.51. The van der Waals surface area contributed by atoms with Crippen LogP contribution in [0.3, 0.4) is 0 Å². The summed E-state index contributed by atoms with van der Waals surface area (Å²) in [4.78, 5) is 18.2. The molecule has 26 heavy (non-hydrogen) atoms. The fraction of sp³-hybridized carbons (Fsp3) is 0.474. The largest absolute Gasteiger partial charge is 0.488 e. The van der Waals surface area contributed by atoms with E-state index >= 15 is 0 Å². The Hall–Kier alpha value is -1.96. The van der Waals surface area contributed by atoms with Gasteiger partial charge in [0.2, 0.25) is 5.78 Å². The van der Waals surface area contributed by atoms with Crippen molar-refractivity contribution in [3.8, 4) is 0 Å². The first kappa shape index (κ1) is 18.8. The molecule has 0 bridgehead atoms. The molecule has 2 heterocycles. The van der Waals surface area contributed by atoms with Crippen LogP contribution in [0.15, 0.2) is 41.1 Å². The maximum absolute atomic E-state index is 11.9. The van der Waals surface area contributed by atoms with Crippen LogP contribution in [-0.2, 0) is 6.54 Å². The molecule has 0 aliphatic carbocycles. The number of hydrogen-bond donors (Lipinski definition) is 2. The zero-order valence-corrected chi connectivity index (χ0v) is 14.9. The summed E-state index contributed by atoms with van der Waals surface area (Å²) in [5, 5.41) is 18.3. The highest BCUT2D eigenvalue weighted by molar-refractivity contribution is 6.58. The Morgan fingerprint density at radius 1 is 1.23 bits per heavy atom. The average Bonchev–Trinajstić information content (AvgIpc) is 3.18. The Bertz CT molecular complexity index is 680. The predicted octanol–water partition coefficient (Wildman–Crippen LogP) is 1.62. The summed E-state index contributed by atoms with van der Waals surface area (Å²) in [5.74, 6) is 0.888. The molecule has 7 heteroatoms. The van der Waals surface area contributed by atoms with Gasteiger partial charge in [0.15, 0.2) is 0 Å². The summed E-state index contributed by atoms with van der Waals surface area (Å²) in [5.41, 5.74) is 1.70. The van der Waals surface area contributed by atoms with Gasteiger partial charge in [0, 0.05) is 13.0 Å². The van der Waals surface area contributed by atoms with Gasteiger partial charge in [0.25, 0.3) is 5.89 Å². The van der Waals surface area contributed by atoms with Crippen LogP contribution in [0, 0.1) is 5.92 Å². The number of Topliss-reactive ketones (excluding diaryl/α,β-unsaturated/α-hetero) is 1. The molecule has 2 aromatic rings. The molecule has 1 saturated heterocycles. The molecule has 1 aromatic heterocycles. The van der Waals surface area contributed by atoms with Gasteiger partial charge in [-0.25, -0.2) is 4.98 Å². The number of oxazole rings is 1. The van der Waals surface area contributed by atoms with E-state index in [1.54, 1.807) is 12.1 Å². The molecular formula is C19H25BN2O4. The van der Waals surface area contributed by atoms with E-state index in [0.717, 1.165) is 45.3 Å². The van der Waals surface area contributed by atoms with Gasteiger partial charge in [0.1, 0.15) is 6.26 Å². The number of benzene rings is 1. The van der Waals surface area contributed by atoms with Gasteiger partial charge in [-0.3, -0.25) is 9.69 Å². The van der Waals surface area contributed by atoms with E-state index < -0.39 is 7.12 Å². The van der Waals surface area contributed by atoms with Crippen LogP contribution in [0.25, 0.3) is 0 Å². The van der Waals surface area contributed by atoms with E-state index in [2.05, 4.69) is 9.88 Å². The number of nitrogens with zero attached hydrogens (tertiary/aromatic N) is 2. The lowest BCUT2D eigenvalue weighted by Gasteiger charge is -2.32. The second-order valence-corrected chi connectivity index (χ2v) is 6.99. The number of piperidine rings is 1. The second-order valence-electron chi connectivity index (χ2n) is 6.99. The first-order valence-electron chi connectivity index (χ1n) is 9.22. The molecule has 0 unspecified atom stereocenters. The van der Waals surface area contributed by atoms with Crippen molar-refractivity contribution in [3.63, 3.8) is 0 Å². The van der Waals surface area contributed by atoms with Crippen LogP contribution in [0.4, 0.5) is 0 Å². The molecule has 0 saturated carbocycles. The third kappa shape index (κ3) is 5.27. The highest BCUT2D eigenvalue weighted by Gasteiger charge is 2.20. The number of carbonyl (C=O) groups is 1. The van der Waals surface area contributed by atoms with Crippen LogP contribution in [0.5, 0.6) is 0 Å². The Morgan fingerprint density at radius 3 is 2.58 bits per heavy atom. The molecule has 1 aromatic carbocycles. The number of rotatable bonds is 8. The lowest BCUT2D eigenvalue weighted by Crippen LogP contribution is -2.33. The van der Waals surface area contributed by atoms with E-state index in [4.69, 9.17) is 14.5 Å². The molecule has 3 rings (SSSR count). The predicted molar refractivity (Wildman–Crippen MR) is 99.0 cm³/mol. The minimum Gasteiger partial charge on any atom is -0.442 e. The zero-order valence-electron chi connectivity index (χ0n) is 14.9. The molecule has 0 atom stereocenters.